The van der Waals surface area contributed by atoms with Crippen molar-refractivity contribution in [3.05, 3.63) is 33.1 Å². The quantitative estimate of drug-likeness (QED) is 0.694. The fourth-order valence-electron chi connectivity index (χ4n) is 2.45. The highest BCUT2D eigenvalue weighted by Crippen LogP contribution is 2.11. The van der Waals surface area contributed by atoms with Gasteiger partial charge < -0.3 is 15.0 Å². The number of fused-ring (bicyclic) bond motifs is 1. The number of nitrogens with one attached hydrogen (secondary N) is 2. The van der Waals surface area contributed by atoms with Crippen molar-refractivity contribution in [3.8, 4) is 0 Å². The number of H-pyrrole nitrogens is 1. The third kappa shape index (κ3) is 2.18. The summed E-state index contributed by atoms with van der Waals surface area (Å²) in [5.41, 5.74) is -0.0141. The molecule has 0 bridgehead atoms. The monoisotopic (exact) mass is 232 g/mol. The predicted octanol–water partition coefficient (Wildman–Crippen LogP) is -0.913. The molecule has 2 N–H and O–H groups in total. The van der Waals surface area contributed by atoms with Gasteiger partial charge in [0, 0.05) is 18.0 Å². The second-order valence-electron chi connectivity index (χ2n) is 4.57. The summed E-state index contributed by atoms with van der Waals surface area (Å²) in [6, 6.07) is 1.93. The van der Waals surface area contributed by atoms with Crippen LogP contribution in [-0.4, -0.2) is 30.3 Å². The van der Waals surface area contributed by atoms with Crippen LogP contribution in [0.2, 0.25) is 0 Å². The zero-order valence-electron chi connectivity index (χ0n) is 9.61. The van der Waals surface area contributed by atoms with Crippen LogP contribution in [0.5, 0.6) is 0 Å². The van der Waals surface area contributed by atoms with E-state index in [1.165, 1.54) is 0 Å². The fraction of sp³-hybridized carbons (Fsp3) is 0.462. The molecule has 2 aliphatic rings. The first-order chi connectivity index (χ1) is 8.33. The van der Waals surface area contributed by atoms with E-state index in [-0.39, 0.29) is 11.7 Å². The summed E-state index contributed by atoms with van der Waals surface area (Å²) in [5, 5.41) is 5.04. The molecular weight excluding hydrogens is 216 g/mol. The van der Waals surface area contributed by atoms with Crippen molar-refractivity contribution in [2.45, 2.75) is 25.0 Å². The first-order valence-corrected chi connectivity index (χ1v) is 6.09. The Bertz CT molecular complexity index is 570. The van der Waals surface area contributed by atoms with E-state index < -0.39 is 0 Å². The van der Waals surface area contributed by atoms with E-state index in [0.29, 0.717) is 6.10 Å². The second kappa shape index (κ2) is 4.47. The normalized spacial score (nSPS) is 27.1. The minimum absolute atomic E-state index is 0.0141. The molecule has 1 aromatic rings. The van der Waals surface area contributed by atoms with E-state index in [9.17, 15) is 4.79 Å². The van der Waals surface area contributed by atoms with Crippen LogP contribution in [-0.2, 0) is 4.74 Å². The van der Waals surface area contributed by atoms with Gasteiger partial charge >= 0.3 is 0 Å². The lowest BCUT2D eigenvalue weighted by Gasteiger charge is -2.19. The van der Waals surface area contributed by atoms with Gasteiger partial charge in [-0.2, -0.15) is 0 Å². The first kappa shape index (κ1) is 10.7. The molecule has 2 unspecified atom stereocenters. The third-order valence-corrected chi connectivity index (χ3v) is 3.34. The van der Waals surface area contributed by atoms with E-state index in [0.717, 1.165) is 36.4 Å². The Labute approximate surface area is 99.0 Å². The Hall–Kier alpha value is -1.39. The Morgan fingerprint density at radius 3 is 3.18 bits per heavy atom. The SMILES string of the molecule is O=c1[nH]ccc2c1=CCC(OC1CCNC1)C=2. The number of ether oxygens (including phenoxy) is 1. The summed E-state index contributed by atoms with van der Waals surface area (Å²) in [6.45, 7) is 1.98. The second-order valence-corrected chi connectivity index (χ2v) is 4.57. The predicted molar refractivity (Wildman–Crippen MR) is 66.0 cm³/mol. The summed E-state index contributed by atoms with van der Waals surface area (Å²) in [4.78, 5) is 14.2. The topological polar surface area (TPSA) is 54.1 Å². The third-order valence-electron chi connectivity index (χ3n) is 3.34. The molecule has 0 amide bonds. The van der Waals surface area contributed by atoms with Crippen molar-refractivity contribution in [3.63, 3.8) is 0 Å². The van der Waals surface area contributed by atoms with Crippen LogP contribution in [0, 0.1) is 0 Å². The van der Waals surface area contributed by atoms with Gasteiger partial charge in [0.25, 0.3) is 5.56 Å². The van der Waals surface area contributed by atoms with Gasteiger partial charge in [-0.05, 0) is 36.7 Å². The molecule has 2 heterocycles. The van der Waals surface area contributed by atoms with Crippen molar-refractivity contribution in [1.29, 1.82) is 0 Å². The lowest BCUT2D eigenvalue weighted by molar-refractivity contribution is 0.0367. The molecule has 0 saturated carbocycles. The van der Waals surface area contributed by atoms with Gasteiger partial charge in [0.1, 0.15) is 0 Å². The lowest BCUT2D eigenvalue weighted by Crippen LogP contribution is -2.43. The Morgan fingerprint density at radius 1 is 1.41 bits per heavy atom. The Balaban J connectivity index is 1.85. The summed E-state index contributed by atoms with van der Waals surface area (Å²) >= 11 is 0. The number of hydrogen-bond donors (Lipinski definition) is 2. The average Bonchev–Trinajstić information content (AvgIpc) is 2.82. The molecule has 1 fully saturated rings. The van der Waals surface area contributed by atoms with Gasteiger partial charge in [-0.25, -0.2) is 0 Å². The van der Waals surface area contributed by atoms with Crippen molar-refractivity contribution in [2.75, 3.05) is 13.1 Å². The summed E-state index contributed by atoms with van der Waals surface area (Å²) in [5.74, 6) is 0. The average molecular weight is 232 g/mol. The van der Waals surface area contributed by atoms with Gasteiger partial charge in [0.15, 0.2) is 0 Å². The highest BCUT2D eigenvalue weighted by atomic mass is 16.5. The van der Waals surface area contributed by atoms with Crippen LogP contribution in [0.4, 0.5) is 0 Å². The number of rotatable bonds is 2. The molecule has 17 heavy (non-hydrogen) atoms. The zero-order valence-corrected chi connectivity index (χ0v) is 9.61. The number of aromatic nitrogens is 1. The molecule has 0 spiro atoms. The van der Waals surface area contributed by atoms with Crippen LogP contribution in [0.3, 0.4) is 0 Å². The minimum Gasteiger partial charge on any atom is -0.369 e. The van der Waals surface area contributed by atoms with Gasteiger partial charge in [-0.1, -0.05) is 6.08 Å². The number of hydrogen-bond acceptors (Lipinski definition) is 3. The maximum atomic E-state index is 11.6. The highest BCUT2D eigenvalue weighted by molar-refractivity contribution is 5.41. The maximum absolute atomic E-state index is 11.6. The molecule has 2 atom stereocenters. The molecule has 1 aliphatic carbocycles. The zero-order chi connectivity index (χ0) is 11.7. The summed E-state index contributed by atoms with van der Waals surface area (Å²) in [6.07, 6.45) is 8.00. The van der Waals surface area contributed by atoms with E-state index in [1.807, 2.05) is 12.1 Å². The number of pyridine rings is 1. The van der Waals surface area contributed by atoms with Crippen LogP contribution < -0.4 is 21.3 Å². The minimum atomic E-state index is -0.0141. The Kier molecular flexibility index (Phi) is 2.82. The molecule has 0 aromatic carbocycles. The lowest BCUT2D eigenvalue weighted by atomic mass is 10.1. The maximum Gasteiger partial charge on any atom is 0.255 e. The van der Waals surface area contributed by atoms with Crippen molar-refractivity contribution < 1.29 is 4.74 Å². The molecule has 4 nitrogen and oxygen atoms in total. The van der Waals surface area contributed by atoms with Crippen LogP contribution in [0.1, 0.15) is 12.8 Å². The van der Waals surface area contributed by atoms with Crippen molar-refractivity contribution in [2.24, 2.45) is 0 Å². The molecule has 90 valence electrons. The molecule has 3 rings (SSSR count). The largest absolute Gasteiger partial charge is 0.369 e. The van der Waals surface area contributed by atoms with Gasteiger partial charge in [-0.3, -0.25) is 4.79 Å². The van der Waals surface area contributed by atoms with E-state index in [1.54, 1.807) is 6.20 Å². The molecule has 4 heteroatoms. The van der Waals surface area contributed by atoms with E-state index in [4.69, 9.17) is 4.74 Å². The van der Waals surface area contributed by atoms with Crippen molar-refractivity contribution in [1.82, 2.24) is 10.3 Å². The molecule has 1 aliphatic heterocycles. The van der Waals surface area contributed by atoms with Crippen molar-refractivity contribution >= 4 is 12.2 Å². The van der Waals surface area contributed by atoms with Gasteiger partial charge in [0.2, 0.25) is 0 Å². The molecule has 1 saturated heterocycles. The van der Waals surface area contributed by atoms with Crippen LogP contribution in [0.25, 0.3) is 12.2 Å². The first-order valence-electron chi connectivity index (χ1n) is 6.09. The highest BCUT2D eigenvalue weighted by Gasteiger charge is 2.19. The van der Waals surface area contributed by atoms with E-state index >= 15 is 0 Å². The fourth-order valence-corrected chi connectivity index (χ4v) is 2.45. The van der Waals surface area contributed by atoms with Gasteiger partial charge in [-0.15, -0.1) is 0 Å². The van der Waals surface area contributed by atoms with Gasteiger partial charge in [0.05, 0.1) is 12.2 Å². The number of aromatic amines is 1. The smallest absolute Gasteiger partial charge is 0.255 e. The van der Waals surface area contributed by atoms with Crippen LogP contribution >= 0.6 is 0 Å². The molecule has 1 aromatic heterocycles. The van der Waals surface area contributed by atoms with Crippen LogP contribution in [0.15, 0.2) is 17.1 Å². The Morgan fingerprint density at radius 2 is 2.35 bits per heavy atom. The summed E-state index contributed by atoms with van der Waals surface area (Å²) in [7, 11) is 0. The van der Waals surface area contributed by atoms with E-state index in [2.05, 4.69) is 16.4 Å². The molecule has 0 radical (unpaired) electrons. The molecular formula is C13H16N2O2. The summed E-state index contributed by atoms with van der Waals surface area (Å²) < 4.78 is 5.99. The standard InChI is InChI=1S/C13H16N2O2/c16-13-12-2-1-10(7-9(12)3-6-15-13)17-11-4-5-14-8-11/h2-3,6-7,10-11,14H,1,4-5,8H2,(H,15,16).